The maximum atomic E-state index is 5.72. The summed E-state index contributed by atoms with van der Waals surface area (Å²) in [6.45, 7) is 32.1. The average Bonchev–Trinajstić information content (AvgIpc) is 3.04. The summed E-state index contributed by atoms with van der Waals surface area (Å²) < 4.78 is 11.4. The number of aromatic nitrogens is 6. The highest BCUT2D eigenvalue weighted by Gasteiger charge is 2.44. The maximum Gasteiger partial charge on any atom is 0.323 e. The Balaban J connectivity index is 1.27. The fourth-order valence-corrected chi connectivity index (χ4v) is 7.62. The van der Waals surface area contributed by atoms with Crippen molar-refractivity contribution < 1.29 is 9.47 Å². The van der Waals surface area contributed by atoms with Gasteiger partial charge in [0.15, 0.2) is 0 Å². The van der Waals surface area contributed by atoms with Gasteiger partial charge >= 0.3 is 12.0 Å². The van der Waals surface area contributed by atoms with Crippen LogP contribution < -0.4 is 41.4 Å². The summed E-state index contributed by atoms with van der Waals surface area (Å²) in [7, 11) is 0. The van der Waals surface area contributed by atoms with Crippen LogP contribution in [0.2, 0.25) is 0 Å². The molecular formula is C38H66N12O2. The first kappa shape index (κ1) is 41.0. The first-order chi connectivity index (χ1) is 24.4. The van der Waals surface area contributed by atoms with Crippen molar-refractivity contribution >= 4 is 23.8 Å². The molecule has 0 amide bonds. The van der Waals surface area contributed by atoms with E-state index in [1.807, 2.05) is 0 Å². The van der Waals surface area contributed by atoms with Gasteiger partial charge in [0.1, 0.15) is 13.2 Å². The van der Waals surface area contributed by atoms with Gasteiger partial charge in [-0.3, -0.25) is 0 Å². The Labute approximate surface area is 312 Å². The van der Waals surface area contributed by atoms with E-state index in [-0.39, 0.29) is 46.3 Å². The van der Waals surface area contributed by atoms with Crippen molar-refractivity contribution in [1.29, 1.82) is 0 Å². The molecule has 290 valence electrons. The van der Waals surface area contributed by atoms with Gasteiger partial charge in [-0.1, -0.05) is 52.0 Å². The topological polar surface area (TPSA) is 168 Å². The van der Waals surface area contributed by atoms with E-state index in [1.165, 1.54) is 0 Å². The molecular weight excluding hydrogens is 656 g/mol. The summed E-state index contributed by atoms with van der Waals surface area (Å²) in [5, 5.41) is 21.5. The van der Waals surface area contributed by atoms with Crippen molar-refractivity contribution in [1.82, 2.24) is 40.5 Å². The Morgan fingerprint density at radius 2 is 0.962 bits per heavy atom. The monoisotopic (exact) mass is 723 g/mol. The van der Waals surface area contributed by atoms with Crippen LogP contribution in [0.4, 0.5) is 23.8 Å². The summed E-state index contributed by atoms with van der Waals surface area (Å²) in [4.78, 5) is 27.5. The van der Waals surface area contributed by atoms with Crippen molar-refractivity contribution in [3.8, 4) is 12.0 Å². The van der Waals surface area contributed by atoms with Crippen LogP contribution in [-0.2, 0) is 0 Å². The zero-order valence-corrected chi connectivity index (χ0v) is 33.4. The molecule has 0 saturated carbocycles. The summed E-state index contributed by atoms with van der Waals surface area (Å²) in [6, 6.07) is 0.927. The Morgan fingerprint density at radius 3 is 1.33 bits per heavy atom. The molecule has 0 radical (unpaired) electrons. The van der Waals surface area contributed by atoms with Gasteiger partial charge in [0.2, 0.25) is 23.8 Å². The second-order valence-electron chi connectivity index (χ2n) is 16.9. The van der Waals surface area contributed by atoms with Gasteiger partial charge < -0.3 is 41.4 Å². The number of nitrogens with zero attached hydrogens (tertiary/aromatic N) is 6. The molecule has 52 heavy (non-hydrogen) atoms. The van der Waals surface area contributed by atoms with Gasteiger partial charge in [0, 0.05) is 47.3 Å². The number of hydrogen-bond donors (Lipinski definition) is 6. The molecule has 6 N–H and O–H groups in total. The number of piperidine rings is 2. The molecule has 14 nitrogen and oxygen atoms in total. The molecule has 2 aromatic rings. The highest BCUT2D eigenvalue weighted by atomic mass is 16.5. The lowest BCUT2D eigenvalue weighted by Gasteiger charge is -2.51. The molecule has 0 spiro atoms. The number of rotatable bonds is 19. The molecule has 0 aliphatic carbocycles. The van der Waals surface area contributed by atoms with Gasteiger partial charge in [-0.05, 0) is 92.9 Å². The SMILES string of the molecule is C=CCOc1nc(NCCCCCCNc2nc(NC3CC(C)(C)NC(C)(C)C3C)nc(OCC=C)n2)nc(NC2CC(C)(C)NC(C)(C)C2C)n1. The smallest absolute Gasteiger partial charge is 0.323 e. The summed E-state index contributed by atoms with van der Waals surface area (Å²) >= 11 is 0. The molecule has 2 aliphatic heterocycles. The molecule has 14 heteroatoms. The van der Waals surface area contributed by atoms with E-state index >= 15 is 0 Å². The summed E-state index contributed by atoms with van der Waals surface area (Å²) in [5.74, 6) is 2.72. The first-order valence-corrected chi connectivity index (χ1v) is 19.0. The molecule has 4 rings (SSSR count). The second kappa shape index (κ2) is 17.4. The highest BCUT2D eigenvalue weighted by molar-refractivity contribution is 5.38. The first-order valence-electron chi connectivity index (χ1n) is 19.0. The summed E-state index contributed by atoms with van der Waals surface area (Å²) in [5.41, 5.74) is -0.122. The standard InChI is InChI=1S/C38H66N12O2/c1-13-21-51-33-45-29(43-31(47-33)41-27-23-35(5,6)49-37(9,10)25(27)3)39-19-17-15-16-18-20-40-30-44-32(48-34(46-30)52-22-14-2)42-28-24-36(7,8)50-38(11,12)26(28)4/h13-14,25-28,49-50H,1-2,15-24H2,3-12H3,(H2,39,41,43,45,47)(H2,40,42,44,46,48). The molecule has 4 heterocycles. The van der Waals surface area contributed by atoms with Crippen LogP contribution in [0.15, 0.2) is 25.3 Å². The Kier molecular flexibility index (Phi) is 13.7. The molecule has 4 unspecified atom stereocenters. The maximum absolute atomic E-state index is 5.72. The van der Waals surface area contributed by atoms with Crippen LogP contribution in [0, 0.1) is 11.8 Å². The van der Waals surface area contributed by atoms with Crippen LogP contribution in [0.5, 0.6) is 12.0 Å². The molecule has 2 fully saturated rings. The molecule has 0 bridgehead atoms. The Bertz CT molecular complexity index is 1370. The van der Waals surface area contributed by atoms with Gasteiger partial charge in [-0.15, -0.1) is 0 Å². The third-order valence-electron chi connectivity index (χ3n) is 10.5. The van der Waals surface area contributed by atoms with Gasteiger partial charge in [0.25, 0.3) is 0 Å². The summed E-state index contributed by atoms with van der Waals surface area (Å²) in [6.07, 6.45) is 9.25. The van der Waals surface area contributed by atoms with Crippen molar-refractivity contribution in [2.24, 2.45) is 11.8 Å². The van der Waals surface area contributed by atoms with Crippen molar-refractivity contribution in [2.45, 2.75) is 142 Å². The van der Waals surface area contributed by atoms with Crippen LogP contribution in [0.25, 0.3) is 0 Å². The predicted octanol–water partition coefficient (Wildman–Crippen LogP) is 6.20. The lowest BCUT2D eigenvalue weighted by Crippen LogP contribution is -2.65. The molecule has 2 aromatic heterocycles. The fraction of sp³-hybridized carbons (Fsp3) is 0.737. The van der Waals surface area contributed by atoms with Gasteiger partial charge in [0.05, 0.1) is 0 Å². The number of nitrogens with one attached hydrogen (secondary N) is 6. The van der Waals surface area contributed by atoms with Gasteiger partial charge in [-0.25, -0.2) is 0 Å². The minimum Gasteiger partial charge on any atom is -0.459 e. The third kappa shape index (κ3) is 11.9. The normalized spacial score (nSPS) is 24.3. The average molecular weight is 723 g/mol. The lowest BCUT2D eigenvalue weighted by molar-refractivity contribution is 0.109. The lowest BCUT2D eigenvalue weighted by atomic mass is 9.72. The zero-order chi connectivity index (χ0) is 38.2. The predicted molar refractivity (Wildman–Crippen MR) is 211 cm³/mol. The largest absolute Gasteiger partial charge is 0.459 e. The van der Waals surface area contributed by atoms with Crippen LogP contribution in [0.1, 0.15) is 108 Å². The fourth-order valence-electron chi connectivity index (χ4n) is 7.62. The molecule has 2 aliphatic rings. The van der Waals surface area contributed by atoms with E-state index in [9.17, 15) is 0 Å². The van der Waals surface area contributed by atoms with E-state index in [0.717, 1.165) is 51.6 Å². The van der Waals surface area contributed by atoms with E-state index in [4.69, 9.17) is 19.4 Å². The van der Waals surface area contributed by atoms with Crippen LogP contribution >= 0.6 is 0 Å². The zero-order valence-electron chi connectivity index (χ0n) is 33.4. The van der Waals surface area contributed by atoms with Crippen molar-refractivity contribution in [2.75, 3.05) is 47.6 Å². The molecule has 2 saturated heterocycles. The second-order valence-corrected chi connectivity index (χ2v) is 16.9. The molecule has 4 atom stereocenters. The van der Waals surface area contributed by atoms with Gasteiger partial charge in [-0.2, -0.15) is 29.9 Å². The van der Waals surface area contributed by atoms with Crippen molar-refractivity contribution in [3.63, 3.8) is 0 Å². The third-order valence-corrected chi connectivity index (χ3v) is 10.5. The Hall–Kier alpha value is -3.78. The molecule has 0 aromatic carbocycles. The number of unbranched alkanes of at least 4 members (excludes halogenated alkanes) is 3. The van der Waals surface area contributed by atoms with E-state index in [0.29, 0.717) is 48.8 Å². The quantitative estimate of drug-likeness (QED) is 0.0716. The number of ether oxygens (including phenoxy) is 2. The Morgan fingerprint density at radius 1 is 0.596 bits per heavy atom. The number of anilines is 4. The van der Waals surface area contributed by atoms with Crippen LogP contribution in [0.3, 0.4) is 0 Å². The highest BCUT2D eigenvalue weighted by Crippen LogP contribution is 2.36. The van der Waals surface area contributed by atoms with E-state index in [2.05, 4.69) is 134 Å². The van der Waals surface area contributed by atoms with Crippen molar-refractivity contribution in [3.05, 3.63) is 25.3 Å². The van der Waals surface area contributed by atoms with E-state index in [1.54, 1.807) is 12.2 Å². The van der Waals surface area contributed by atoms with Crippen LogP contribution in [-0.4, -0.2) is 90.4 Å². The number of hydrogen-bond acceptors (Lipinski definition) is 14. The minimum atomic E-state index is -0.0414. The van der Waals surface area contributed by atoms with E-state index < -0.39 is 0 Å². The minimum absolute atomic E-state index is 0.0194.